The lowest BCUT2D eigenvalue weighted by Crippen LogP contribution is -2.41. The maximum Gasteiger partial charge on any atom is 0.308 e. The van der Waals surface area contributed by atoms with Gasteiger partial charge in [-0.3, -0.25) is 9.59 Å². The van der Waals surface area contributed by atoms with Crippen molar-refractivity contribution in [2.45, 2.75) is 32.7 Å². The molecule has 0 saturated heterocycles. The highest BCUT2D eigenvalue weighted by Crippen LogP contribution is 2.28. The number of sulfone groups is 1. The van der Waals surface area contributed by atoms with Crippen molar-refractivity contribution in [3.63, 3.8) is 0 Å². The number of carboxylic acid groups (broad SMARTS) is 1. The molecule has 1 fully saturated rings. The second-order valence-corrected chi connectivity index (χ2v) is 7.05. The highest BCUT2D eigenvalue weighted by atomic mass is 32.2. The summed E-state index contributed by atoms with van der Waals surface area (Å²) in [7, 11) is -3.36. The Morgan fingerprint density at radius 2 is 1.94 bits per heavy atom. The predicted molar refractivity (Wildman–Crippen MR) is 65.9 cm³/mol. The number of nitrogens with zero attached hydrogens (tertiary/aromatic N) is 1. The van der Waals surface area contributed by atoms with Gasteiger partial charge < -0.3 is 10.0 Å². The molecule has 104 valence electrons. The van der Waals surface area contributed by atoms with Gasteiger partial charge >= 0.3 is 5.97 Å². The Kier molecular flexibility index (Phi) is 4.72. The molecule has 1 amide bonds. The SMILES string of the molecule is CCS(=O)(=O)CC(=O)N(CC(C)C(=O)O)C1CC1. The van der Waals surface area contributed by atoms with Crippen molar-refractivity contribution in [1.82, 2.24) is 4.90 Å². The summed E-state index contributed by atoms with van der Waals surface area (Å²) >= 11 is 0. The summed E-state index contributed by atoms with van der Waals surface area (Å²) in [6.07, 6.45) is 1.65. The van der Waals surface area contributed by atoms with E-state index in [0.29, 0.717) is 0 Å². The fourth-order valence-electron chi connectivity index (χ4n) is 1.59. The zero-order valence-electron chi connectivity index (χ0n) is 10.6. The minimum Gasteiger partial charge on any atom is -0.481 e. The second kappa shape index (κ2) is 5.69. The van der Waals surface area contributed by atoms with Crippen LogP contribution in [0.1, 0.15) is 26.7 Å². The van der Waals surface area contributed by atoms with Crippen LogP contribution in [0.25, 0.3) is 0 Å². The van der Waals surface area contributed by atoms with Crippen LogP contribution in [0.4, 0.5) is 0 Å². The molecule has 1 atom stereocenters. The molecule has 0 aliphatic heterocycles. The maximum absolute atomic E-state index is 11.9. The number of carbonyl (C=O) groups is 2. The van der Waals surface area contributed by atoms with Crippen molar-refractivity contribution in [3.8, 4) is 0 Å². The van der Waals surface area contributed by atoms with Gasteiger partial charge in [0.1, 0.15) is 5.75 Å². The van der Waals surface area contributed by atoms with Crippen LogP contribution in [-0.2, 0) is 19.4 Å². The molecule has 0 radical (unpaired) electrons. The molecular formula is C11H19NO5S. The van der Waals surface area contributed by atoms with Crippen LogP contribution >= 0.6 is 0 Å². The fraction of sp³-hybridized carbons (Fsp3) is 0.818. The van der Waals surface area contributed by atoms with Crippen molar-refractivity contribution < 1.29 is 23.1 Å². The number of hydrogen-bond acceptors (Lipinski definition) is 4. The molecule has 0 aromatic heterocycles. The summed E-state index contributed by atoms with van der Waals surface area (Å²) in [5.41, 5.74) is 0. The van der Waals surface area contributed by atoms with Crippen LogP contribution in [0, 0.1) is 5.92 Å². The molecule has 1 aliphatic carbocycles. The normalized spacial score (nSPS) is 17.2. The fourth-order valence-corrected chi connectivity index (χ4v) is 2.33. The van der Waals surface area contributed by atoms with Gasteiger partial charge in [-0.2, -0.15) is 0 Å². The lowest BCUT2D eigenvalue weighted by Gasteiger charge is -2.24. The molecular weight excluding hydrogens is 258 g/mol. The molecule has 0 heterocycles. The van der Waals surface area contributed by atoms with Gasteiger partial charge in [-0.05, 0) is 12.8 Å². The number of carbonyl (C=O) groups excluding carboxylic acids is 1. The first kappa shape index (κ1) is 14.9. The predicted octanol–water partition coefficient (Wildman–Crippen LogP) is 0.133. The molecule has 1 unspecified atom stereocenters. The quantitative estimate of drug-likeness (QED) is 0.714. The number of rotatable bonds is 7. The first-order valence-electron chi connectivity index (χ1n) is 5.99. The first-order valence-corrected chi connectivity index (χ1v) is 7.81. The van der Waals surface area contributed by atoms with Crippen LogP contribution in [-0.4, -0.2) is 54.4 Å². The zero-order chi connectivity index (χ0) is 13.9. The highest BCUT2D eigenvalue weighted by molar-refractivity contribution is 7.92. The van der Waals surface area contributed by atoms with E-state index in [2.05, 4.69) is 0 Å². The third-order valence-corrected chi connectivity index (χ3v) is 4.55. The van der Waals surface area contributed by atoms with E-state index in [9.17, 15) is 18.0 Å². The third kappa shape index (κ3) is 4.29. The van der Waals surface area contributed by atoms with Crippen LogP contribution in [0.2, 0.25) is 0 Å². The van der Waals surface area contributed by atoms with Gasteiger partial charge in [0.2, 0.25) is 5.91 Å². The van der Waals surface area contributed by atoms with Crippen molar-refractivity contribution in [3.05, 3.63) is 0 Å². The van der Waals surface area contributed by atoms with E-state index in [4.69, 9.17) is 5.11 Å². The van der Waals surface area contributed by atoms with E-state index >= 15 is 0 Å². The van der Waals surface area contributed by atoms with Gasteiger partial charge in [0.25, 0.3) is 0 Å². The molecule has 1 aliphatic rings. The number of carboxylic acids is 1. The second-order valence-electron chi connectivity index (χ2n) is 4.69. The van der Waals surface area contributed by atoms with Crippen LogP contribution in [0.3, 0.4) is 0 Å². The summed E-state index contributed by atoms with van der Waals surface area (Å²) in [5.74, 6) is -2.74. The molecule has 7 heteroatoms. The summed E-state index contributed by atoms with van der Waals surface area (Å²) < 4.78 is 22.8. The Morgan fingerprint density at radius 1 is 1.39 bits per heavy atom. The van der Waals surface area contributed by atoms with Crippen LogP contribution in [0.5, 0.6) is 0 Å². The first-order chi connectivity index (χ1) is 8.26. The molecule has 1 rings (SSSR count). The van der Waals surface area contributed by atoms with E-state index in [1.54, 1.807) is 0 Å². The smallest absolute Gasteiger partial charge is 0.308 e. The van der Waals surface area contributed by atoms with E-state index in [1.165, 1.54) is 18.7 Å². The molecule has 0 bridgehead atoms. The molecule has 1 saturated carbocycles. The summed E-state index contributed by atoms with van der Waals surface area (Å²) in [6, 6.07) is 0.0198. The van der Waals surface area contributed by atoms with E-state index in [1.807, 2.05) is 0 Å². The average Bonchev–Trinajstić information content (AvgIpc) is 3.08. The van der Waals surface area contributed by atoms with E-state index < -0.39 is 33.4 Å². The summed E-state index contributed by atoms with van der Waals surface area (Å²) in [4.78, 5) is 24.1. The number of aliphatic carboxylic acids is 1. The van der Waals surface area contributed by atoms with Crippen molar-refractivity contribution in [2.75, 3.05) is 18.1 Å². The number of hydrogen-bond donors (Lipinski definition) is 1. The molecule has 18 heavy (non-hydrogen) atoms. The van der Waals surface area contributed by atoms with Gasteiger partial charge in [0.05, 0.1) is 5.92 Å². The van der Waals surface area contributed by atoms with E-state index in [0.717, 1.165) is 12.8 Å². The molecule has 0 spiro atoms. The summed E-state index contributed by atoms with van der Waals surface area (Å²) in [5, 5.41) is 8.84. The van der Waals surface area contributed by atoms with Crippen molar-refractivity contribution >= 4 is 21.7 Å². The highest BCUT2D eigenvalue weighted by Gasteiger charge is 2.35. The zero-order valence-corrected chi connectivity index (χ0v) is 11.4. The Hall–Kier alpha value is -1.11. The standard InChI is InChI=1S/C11H19NO5S/c1-3-18(16,17)7-10(13)12(9-4-5-9)6-8(2)11(14)15/h8-9H,3-7H2,1-2H3,(H,14,15). The Morgan fingerprint density at radius 3 is 2.33 bits per heavy atom. The Balaban J connectivity index is 2.68. The summed E-state index contributed by atoms with van der Waals surface area (Å²) in [6.45, 7) is 3.08. The van der Waals surface area contributed by atoms with Gasteiger partial charge in [-0.1, -0.05) is 13.8 Å². The average molecular weight is 277 g/mol. The van der Waals surface area contributed by atoms with Gasteiger partial charge in [0.15, 0.2) is 9.84 Å². The van der Waals surface area contributed by atoms with Crippen LogP contribution < -0.4 is 0 Å². The van der Waals surface area contributed by atoms with Gasteiger partial charge in [-0.15, -0.1) is 0 Å². The van der Waals surface area contributed by atoms with Crippen LogP contribution in [0.15, 0.2) is 0 Å². The molecule has 0 aromatic rings. The van der Waals surface area contributed by atoms with Gasteiger partial charge in [-0.25, -0.2) is 8.42 Å². The Bertz CT molecular complexity index is 427. The number of amides is 1. The molecule has 6 nitrogen and oxygen atoms in total. The maximum atomic E-state index is 11.9. The van der Waals surface area contributed by atoms with Gasteiger partial charge in [0, 0.05) is 18.3 Å². The minimum absolute atomic E-state index is 0.0198. The van der Waals surface area contributed by atoms with Crippen molar-refractivity contribution in [2.24, 2.45) is 5.92 Å². The Labute approximate surface area is 107 Å². The molecule has 1 N–H and O–H groups in total. The topological polar surface area (TPSA) is 91.8 Å². The minimum atomic E-state index is -3.36. The van der Waals surface area contributed by atoms with Crippen molar-refractivity contribution in [1.29, 1.82) is 0 Å². The lowest BCUT2D eigenvalue weighted by molar-refractivity contribution is -0.142. The molecule has 0 aromatic carbocycles. The third-order valence-electron chi connectivity index (χ3n) is 2.98. The largest absolute Gasteiger partial charge is 0.481 e. The monoisotopic (exact) mass is 277 g/mol. The van der Waals surface area contributed by atoms with E-state index in [-0.39, 0.29) is 18.3 Å². The lowest BCUT2D eigenvalue weighted by atomic mass is 10.1.